The molecule has 0 aliphatic carbocycles. The van der Waals surface area contributed by atoms with Crippen LogP contribution in [0.1, 0.15) is 55.5 Å². The first-order valence-corrected chi connectivity index (χ1v) is 12.7. The molecule has 6 N–H and O–H groups in total. The third kappa shape index (κ3) is 8.63. The van der Waals surface area contributed by atoms with E-state index < -0.39 is 48.3 Å². The summed E-state index contributed by atoms with van der Waals surface area (Å²) >= 11 is 0. The van der Waals surface area contributed by atoms with Crippen LogP contribution < -0.4 is 22.1 Å². The number of aliphatic imine (C=N–C) groups is 2. The number of ketones is 1. The average Bonchev–Trinajstić information content (AvgIpc) is 3.38. The number of hydrogen-bond acceptors (Lipinski definition) is 6. The number of carbonyl (C=O) groups excluding carboxylic acids is 4. The second-order valence-electron chi connectivity index (χ2n) is 9.51. The van der Waals surface area contributed by atoms with Crippen molar-refractivity contribution in [1.29, 1.82) is 0 Å². The molecule has 1 aromatic rings. The Bertz CT molecular complexity index is 1060. The molecule has 3 atom stereocenters. The minimum absolute atomic E-state index is 0.100. The van der Waals surface area contributed by atoms with Gasteiger partial charge in [-0.2, -0.15) is 0 Å². The van der Waals surface area contributed by atoms with Gasteiger partial charge in [0.1, 0.15) is 18.8 Å². The van der Waals surface area contributed by atoms with E-state index in [4.69, 9.17) is 11.5 Å². The zero-order chi connectivity index (χ0) is 28.2. The quantitative estimate of drug-likeness (QED) is 0.164. The van der Waals surface area contributed by atoms with Crippen LogP contribution in [0.25, 0.3) is 0 Å². The fourth-order valence-electron chi connectivity index (χ4n) is 4.31. The summed E-state index contributed by atoms with van der Waals surface area (Å²) in [5.74, 6) is -2.47. The van der Waals surface area contributed by atoms with E-state index in [0.717, 1.165) is 5.56 Å². The molecular weight excluding hydrogens is 493 g/mol. The van der Waals surface area contributed by atoms with E-state index in [-0.39, 0.29) is 24.8 Å². The van der Waals surface area contributed by atoms with Crippen LogP contribution >= 0.6 is 0 Å². The summed E-state index contributed by atoms with van der Waals surface area (Å²) in [6.07, 6.45) is 3.09. The molecule has 208 valence electrons. The number of nitrogens with two attached hydrogens (primary N) is 2. The molecule has 1 saturated heterocycles. The van der Waals surface area contributed by atoms with Gasteiger partial charge in [0, 0.05) is 31.9 Å². The van der Waals surface area contributed by atoms with Crippen LogP contribution in [0.3, 0.4) is 0 Å². The van der Waals surface area contributed by atoms with Crippen LogP contribution in [0.2, 0.25) is 0 Å². The van der Waals surface area contributed by atoms with E-state index in [1.165, 1.54) is 4.90 Å². The maximum absolute atomic E-state index is 13.5. The van der Waals surface area contributed by atoms with Crippen molar-refractivity contribution in [1.82, 2.24) is 15.5 Å². The molecule has 2 rings (SSSR count). The molecule has 1 heterocycles. The normalized spacial score (nSPS) is 16.8. The van der Waals surface area contributed by atoms with Gasteiger partial charge in [-0.25, -0.2) is 4.39 Å². The van der Waals surface area contributed by atoms with E-state index in [2.05, 4.69) is 20.6 Å². The molecule has 1 aliphatic heterocycles. The molecule has 3 amide bonds. The highest BCUT2D eigenvalue weighted by Gasteiger charge is 2.39. The van der Waals surface area contributed by atoms with E-state index in [1.807, 2.05) is 6.07 Å². The number of likely N-dealkylation sites (tertiary alicyclic amines) is 1. The summed E-state index contributed by atoms with van der Waals surface area (Å²) in [6.45, 7) is 2.94. The molecule has 0 saturated carbocycles. The van der Waals surface area contributed by atoms with Gasteiger partial charge in [-0.15, -0.1) is 0 Å². The Balaban J connectivity index is 2.12. The van der Waals surface area contributed by atoms with E-state index in [9.17, 15) is 23.6 Å². The van der Waals surface area contributed by atoms with Crippen molar-refractivity contribution in [2.75, 3.05) is 26.8 Å². The summed E-state index contributed by atoms with van der Waals surface area (Å²) in [5.41, 5.74) is 11.7. The van der Waals surface area contributed by atoms with Crippen LogP contribution in [0, 0.1) is 5.92 Å². The van der Waals surface area contributed by atoms with Gasteiger partial charge in [-0.05, 0) is 49.3 Å². The highest BCUT2D eigenvalue weighted by molar-refractivity contribution is 6.00. The number of hydrogen-bond donors (Lipinski definition) is 4. The van der Waals surface area contributed by atoms with Crippen molar-refractivity contribution in [2.24, 2.45) is 27.4 Å². The topological polar surface area (TPSA) is 172 Å². The predicted octanol–water partition coefficient (Wildman–Crippen LogP) is 0.558. The number of benzene rings is 1. The molecule has 0 bridgehead atoms. The lowest BCUT2D eigenvalue weighted by Crippen LogP contribution is -2.56. The van der Waals surface area contributed by atoms with Gasteiger partial charge >= 0.3 is 0 Å². The number of guanidine groups is 1. The van der Waals surface area contributed by atoms with Crippen LogP contribution in [0.4, 0.5) is 4.39 Å². The standard InChI is InChI=1S/C26H38FN7O4/c1-16(2)22(33-23(36)18-8-4-7-17(13-18)15-30-3)25(38)34-12-6-10-20(34)24(37)32-19(21(35)14-27)9-5-11-31-26(28)29/h4,7-8,13,15-16,19-20,22H,5-6,9-12,14H2,1-3H3,(H,32,37)(H,33,36)(H4,28,29,31)/t19-,20-,22-/m0/s1. The van der Waals surface area contributed by atoms with Gasteiger partial charge in [0.25, 0.3) is 5.91 Å². The largest absolute Gasteiger partial charge is 0.370 e. The molecule has 1 fully saturated rings. The third-order valence-electron chi connectivity index (χ3n) is 6.27. The predicted molar refractivity (Wildman–Crippen MR) is 144 cm³/mol. The van der Waals surface area contributed by atoms with Crippen molar-refractivity contribution in [2.45, 2.75) is 57.7 Å². The lowest BCUT2D eigenvalue weighted by molar-refractivity contribution is -0.141. The Morgan fingerprint density at radius 3 is 2.58 bits per heavy atom. The van der Waals surface area contributed by atoms with Crippen molar-refractivity contribution in [3.63, 3.8) is 0 Å². The van der Waals surface area contributed by atoms with E-state index >= 15 is 0 Å². The van der Waals surface area contributed by atoms with Gasteiger partial charge in [0.2, 0.25) is 11.8 Å². The number of nitrogens with zero attached hydrogens (tertiary/aromatic N) is 3. The first-order chi connectivity index (χ1) is 18.1. The zero-order valence-electron chi connectivity index (χ0n) is 22.2. The van der Waals surface area contributed by atoms with Crippen LogP contribution in [-0.2, 0) is 14.4 Å². The average molecular weight is 532 g/mol. The summed E-state index contributed by atoms with van der Waals surface area (Å²) in [7, 11) is 1.63. The van der Waals surface area contributed by atoms with Gasteiger partial charge in [-0.3, -0.25) is 29.2 Å². The zero-order valence-corrected chi connectivity index (χ0v) is 22.2. The van der Waals surface area contributed by atoms with Crippen LogP contribution in [0.15, 0.2) is 34.3 Å². The molecule has 38 heavy (non-hydrogen) atoms. The van der Waals surface area contributed by atoms with Gasteiger partial charge in [0.05, 0.1) is 6.04 Å². The molecule has 0 spiro atoms. The Morgan fingerprint density at radius 1 is 1.21 bits per heavy atom. The summed E-state index contributed by atoms with van der Waals surface area (Å²) in [5, 5.41) is 5.41. The number of Topliss-reactive ketones (excluding diaryl/α,β-unsaturated/α-hetero) is 1. The number of carbonyl (C=O) groups is 4. The fourth-order valence-corrected chi connectivity index (χ4v) is 4.31. The Labute approximate surface area is 222 Å². The van der Waals surface area contributed by atoms with E-state index in [1.54, 1.807) is 45.3 Å². The first kappa shape index (κ1) is 30.4. The Morgan fingerprint density at radius 2 is 1.95 bits per heavy atom. The number of rotatable bonds is 13. The summed E-state index contributed by atoms with van der Waals surface area (Å²) in [6, 6.07) is 4.09. The molecule has 0 aromatic heterocycles. The number of amides is 3. The maximum Gasteiger partial charge on any atom is 0.251 e. The minimum Gasteiger partial charge on any atom is -0.370 e. The molecule has 0 radical (unpaired) electrons. The smallest absolute Gasteiger partial charge is 0.251 e. The number of alkyl halides is 1. The number of halogens is 1. The summed E-state index contributed by atoms with van der Waals surface area (Å²) < 4.78 is 13.2. The first-order valence-electron chi connectivity index (χ1n) is 12.7. The van der Waals surface area contributed by atoms with E-state index in [0.29, 0.717) is 31.4 Å². The van der Waals surface area contributed by atoms with Crippen molar-refractivity contribution >= 4 is 35.7 Å². The second-order valence-corrected chi connectivity index (χ2v) is 9.51. The van der Waals surface area contributed by atoms with Crippen molar-refractivity contribution < 1.29 is 23.6 Å². The lowest BCUT2D eigenvalue weighted by Gasteiger charge is -2.31. The molecule has 1 aliphatic rings. The fraction of sp³-hybridized carbons (Fsp3) is 0.538. The van der Waals surface area contributed by atoms with Crippen LogP contribution in [0.5, 0.6) is 0 Å². The van der Waals surface area contributed by atoms with Crippen molar-refractivity contribution in [3.8, 4) is 0 Å². The summed E-state index contributed by atoms with van der Waals surface area (Å²) in [4.78, 5) is 60.9. The molecule has 11 nitrogen and oxygen atoms in total. The monoisotopic (exact) mass is 531 g/mol. The highest BCUT2D eigenvalue weighted by Crippen LogP contribution is 2.21. The highest BCUT2D eigenvalue weighted by atomic mass is 19.1. The second kappa shape index (κ2) is 14.8. The minimum atomic E-state index is -1.23. The molecule has 0 unspecified atom stereocenters. The van der Waals surface area contributed by atoms with Gasteiger partial charge < -0.3 is 27.0 Å². The van der Waals surface area contributed by atoms with Gasteiger partial charge in [-0.1, -0.05) is 26.0 Å². The Hall–Kier alpha value is -3.83. The SMILES string of the molecule is CN=Cc1cccc(C(=O)N[C@H](C(=O)N2CCC[C@H]2C(=O)N[C@@H](CCCN=C(N)N)C(=O)CF)C(C)C)c1. The molecular formula is C26H38FN7O4. The van der Waals surface area contributed by atoms with Gasteiger partial charge in [0.15, 0.2) is 11.7 Å². The lowest BCUT2D eigenvalue weighted by atomic mass is 10.0. The maximum atomic E-state index is 13.5. The van der Waals surface area contributed by atoms with Crippen LogP contribution in [-0.4, -0.2) is 85.5 Å². The Kier molecular flexibility index (Phi) is 11.8. The molecule has 12 heteroatoms. The van der Waals surface area contributed by atoms with Crippen molar-refractivity contribution in [3.05, 3.63) is 35.4 Å². The molecule has 1 aromatic carbocycles. The number of nitrogens with one attached hydrogen (secondary N) is 2. The third-order valence-corrected chi connectivity index (χ3v) is 6.27.